The van der Waals surface area contributed by atoms with E-state index < -0.39 is 0 Å². The molecule has 0 bridgehead atoms. The van der Waals surface area contributed by atoms with Crippen LogP contribution < -0.4 is 0 Å². The van der Waals surface area contributed by atoms with E-state index in [1.165, 1.54) is 0 Å². The molecule has 1 aromatic carbocycles. The quantitative estimate of drug-likeness (QED) is 0.851. The van der Waals surface area contributed by atoms with Crippen LogP contribution in [0.2, 0.25) is 5.02 Å². The molecule has 2 fully saturated rings. The van der Waals surface area contributed by atoms with Gasteiger partial charge in [-0.3, -0.25) is 9.59 Å². The summed E-state index contributed by atoms with van der Waals surface area (Å²) in [7, 11) is 0. The van der Waals surface area contributed by atoms with Crippen molar-refractivity contribution in [3.8, 4) is 0 Å². The second-order valence-electron chi connectivity index (χ2n) is 5.64. The Morgan fingerprint density at radius 2 is 1.91 bits per heavy atom. The van der Waals surface area contributed by atoms with Crippen molar-refractivity contribution in [1.29, 1.82) is 0 Å². The monoisotopic (exact) mass is 322 g/mol. The fourth-order valence-corrected chi connectivity index (χ4v) is 3.10. The first-order valence-corrected chi connectivity index (χ1v) is 7.93. The summed E-state index contributed by atoms with van der Waals surface area (Å²) in [5.41, 5.74) is 0.986. The van der Waals surface area contributed by atoms with Gasteiger partial charge in [-0.1, -0.05) is 23.7 Å². The lowest BCUT2D eigenvalue weighted by molar-refractivity contribution is -0.144. The third-order valence-corrected chi connectivity index (χ3v) is 4.45. The highest BCUT2D eigenvalue weighted by Crippen LogP contribution is 2.24. The molecule has 2 heterocycles. The van der Waals surface area contributed by atoms with Gasteiger partial charge in [0.25, 0.3) is 0 Å². The van der Waals surface area contributed by atoms with Gasteiger partial charge in [0.05, 0.1) is 13.2 Å². The molecular formula is C16H19ClN2O3. The molecule has 1 atom stereocenters. The zero-order valence-electron chi connectivity index (χ0n) is 12.3. The van der Waals surface area contributed by atoms with Gasteiger partial charge in [0, 0.05) is 31.1 Å². The summed E-state index contributed by atoms with van der Waals surface area (Å²) < 4.78 is 5.28. The highest BCUT2D eigenvalue weighted by Gasteiger charge is 2.38. The largest absolute Gasteiger partial charge is 0.378 e. The van der Waals surface area contributed by atoms with Crippen molar-refractivity contribution in [2.75, 3.05) is 26.3 Å². The van der Waals surface area contributed by atoms with E-state index >= 15 is 0 Å². The van der Waals surface area contributed by atoms with Gasteiger partial charge in [-0.05, 0) is 24.1 Å². The lowest BCUT2D eigenvalue weighted by Gasteiger charge is -2.32. The summed E-state index contributed by atoms with van der Waals surface area (Å²) in [5, 5.41) is 0.664. The molecule has 2 aliphatic rings. The number of morpholine rings is 1. The molecule has 0 spiro atoms. The van der Waals surface area contributed by atoms with Crippen LogP contribution in [0.1, 0.15) is 18.4 Å². The summed E-state index contributed by atoms with van der Waals surface area (Å²) in [6.07, 6.45) is 1.04. The number of amides is 2. The Labute approximate surface area is 134 Å². The summed E-state index contributed by atoms with van der Waals surface area (Å²) in [5.74, 6) is 0.0877. The molecule has 2 amide bonds. The normalized spacial score (nSPS) is 22.2. The number of likely N-dealkylation sites (tertiary alicyclic amines) is 1. The van der Waals surface area contributed by atoms with E-state index in [4.69, 9.17) is 16.3 Å². The van der Waals surface area contributed by atoms with Crippen LogP contribution in [0.25, 0.3) is 0 Å². The highest BCUT2D eigenvalue weighted by atomic mass is 35.5. The van der Waals surface area contributed by atoms with Crippen LogP contribution in [0.4, 0.5) is 0 Å². The second kappa shape index (κ2) is 6.67. The van der Waals surface area contributed by atoms with Gasteiger partial charge < -0.3 is 14.5 Å². The van der Waals surface area contributed by atoms with E-state index in [-0.39, 0.29) is 17.9 Å². The first kappa shape index (κ1) is 15.3. The predicted octanol–water partition coefficient (Wildman–Crippen LogP) is 1.69. The van der Waals surface area contributed by atoms with Crippen LogP contribution in [0.15, 0.2) is 24.3 Å². The van der Waals surface area contributed by atoms with Crippen LogP contribution in [0, 0.1) is 0 Å². The Balaban J connectivity index is 1.71. The van der Waals surface area contributed by atoms with Crippen molar-refractivity contribution in [3.63, 3.8) is 0 Å². The summed E-state index contributed by atoms with van der Waals surface area (Å²) in [6, 6.07) is 7.04. The van der Waals surface area contributed by atoms with Crippen molar-refractivity contribution in [2.24, 2.45) is 0 Å². The number of nitrogens with zero attached hydrogens (tertiary/aromatic N) is 2. The number of benzene rings is 1. The molecule has 0 unspecified atom stereocenters. The molecule has 0 aliphatic carbocycles. The highest BCUT2D eigenvalue weighted by molar-refractivity contribution is 6.30. The van der Waals surface area contributed by atoms with E-state index in [9.17, 15) is 9.59 Å². The molecule has 5 nitrogen and oxygen atoms in total. The summed E-state index contributed by atoms with van der Waals surface area (Å²) >= 11 is 5.88. The minimum Gasteiger partial charge on any atom is -0.378 e. The standard InChI is InChI=1S/C16H19ClN2O3/c17-13-3-1-12(2-4-13)11-19-14(5-6-15(19)20)16(21)18-7-9-22-10-8-18/h1-4,14H,5-11H2/t14-/m1/s1. The van der Waals surface area contributed by atoms with Gasteiger partial charge in [0.1, 0.15) is 6.04 Å². The van der Waals surface area contributed by atoms with Gasteiger partial charge in [0.2, 0.25) is 11.8 Å². The van der Waals surface area contributed by atoms with E-state index in [0.717, 1.165) is 5.56 Å². The molecule has 0 radical (unpaired) electrons. The van der Waals surface area contributed by atoms with E-state index in [1.54, 1.807) is 17.0 Å². The minimum atomic E-state index is -0.346. The average molecular weight is 323 g/mol. The fraction of sp³-hybridized carbons (Fsp3) is 0.500. The van der Waals surface area contributed by atoms with Gasteiger partial charge in [-0.25, -0.2) is 0 Å². The number of carbonyl (C=O) groups is 2. The van der Waals surface area contributed by atoms with Crippen molar-refractivity contribution in [2.45, 2.75) is 25.4 Å². The van der Waals surface area contributed by atoms with E-state index in [0.29, 0.717) is 50.7 Å². The topological polar surface area (TPSA) is 49.9 Å². The molecule has 3 rings (SSSR count). The third-order valence-electron chi connectivity index (χ3n) is 4.20. The molecule has 0 saturated carbocycles. The zero-order valence-corrected chi connectivity index (χ0v) is 13.1. The number of hydrogen-bond donors (Lipinski definition) is 0. The van der Waals surface area contributed by atoms with Crippen LogP contribution in [-0.2, 0) is 20.9 Å². The number of carbonyl (C=O) groups excluding carboxylic acids is 2. The molecule has 2 saturated heterocycles. The van der Waals surface area contributed by atoms with Crippen molar-refractivity contribution < 1.29 is 14.3 Å². The van der Waals surface area contributed by atoms with Crippen molar-refractivity contribution in [3.05, 3.63) is 34.9 Å². The van der Waals surface area contributed by atoms with Crippen LogP contribution in [-0.4, -0.2) is 54.0 Å². The Morgan fingerprint density at radius 1 is 1.23 bits per heavy atom. The molecule has 118 valence electrons. The van der Waals surface area contributed by atoms with Gasteiger partial charge in [-0.2, -0.15) is 0 Å². The lowest BCUT2D eigenvalue weighted by Crippen LogP contribution is -2.50. The Morgan fingerprint density at radius 3 is 2.59 bits per heavy atom. The SMILES string of the molecule is O=C([C@H]1CCC(=O)N1Cc1ccc(Cl)cc1)N1CCOCC1. The molecule has 2 aliphatic heterocycles. The fourth-order valence-electron chi connectivity index (χ4n) is 2.97. The lowest BCUT2D eigenvalue weighted by atomic mass is 10.1. The first-order chi connectivity index (χ1) is 10.6. The first-order valence-electron chi connectivity index (χ1n) is 7.55. The van der Waals surface area contributed by atoms with E-state index in [1.807, 2.05) is 17.0 Å². The maximum absolute atomic E-state index is 12.7. The predicted molar refractivity (Wildman–Crippen MR) is 82.4 cm³/mol. The molecule has 0 N–H and O–H groups in total. The third kappa shape index (κ3) is 3.25. The smallest absolute Gasteiger partial charge is 0.245 e. The minimum absolute atomic E-state index is 0.0431. The van der Waals surface area contributed by atoms with Crippen molar-refractivity contribution in [1.82, 2.24) is 9.80 Å². The molecule has 6 heteroatoms. The Kier molecular flexibility index (Phi) is 4.64. The molecular weight excluding hydrogens is 304 g/mol. The van der Waals surface area contributed by atoms with Gasteiger partial charge in [0.15, 0.2) is 0 Å². The number of hydrogen-bond acceptors (Lipinski definition) is 3. The zero-order chi connectivity index (χ0) is 15.5. The van der Waals surface area contributed by atoms with E-state index in [2.05, 4.69) is 0 Å². The van der Waals surface area contributed by atoms with Gasteiger partial charge >= 0.3 is 0 Å². The van der Waals surface area contributed by atoms with Gasteiger partial charge in [-0.15, -0.1) is 0 Å². The molecule has 0 aromatic heterocycles. The van der Waals surface area contributed by atoms with Crippen LogP contribution in [0.5, 0.6) is 0 Å². The summed E-state index contributed by atoms with van der Waals surface area (Å²) in [6.45, 7) is 2.82. The Bertz CT molecular complexity index is 555. The number of rotatable bonds is 3. The number of ether oxygens (including phenoxy) is 1. The molecule has 22 heavy (non-hydrogen) atoms. The average Bonchev–Trinajstić information content (AvgIpc) is 2.91. The van der Waals surface area contributed by atoms with Crippen LogP contribution >= 0.6 is 11.6 Å². The number of halogens is 1. The second-order valence-corrected chi connectivity index (χ2v) is 6.08. The summed E-state index contributed by atoms with van der Waals surface area (Å²) in [4.78, 5) is 28.3. The van der Waals surface area contributed by atoms with Crippen LogP contribution in [0.3, 0.4) is 0 Å². The maximum atomic E-state index is 12.7. The van der Waals surface area contributed by atoms with Crippen molar-refractivity contribution >= 4 is 23.4 Å². The maximum Gasteiger partial charge on any atom is 0.245 e. The molecule has 1 aromatic rings. The Hall–Kier alpha value is -1.59.